The van der Waals surface area contributed by atoms with E-state index in [-0.39, 0.29) is 0 Å². The minimum Gasteiger partial charge on any atom is -0.496 e. The molecule has 100 valence electrons. The van der Waals surface area contributed by atoms with Crippen LogP contribution in [-0.4, -0.2) is 17.1 Å². The molecule has 0 unspecified atom stereocenters. The number of nitrogens with one attached hydrogen (secondary N) is 1. The molecule has 5 heteroatoms. The van der Waals surface area contributed by atoms with Crippen molar-refractivity contribution in [2.24, 2.45) is 0 Å². The average Bonchev–Trinajstić information content (AvgIpc) is 2.39. The number of nitrogens with zero attached hydrogens (tertiary/aromatic N) is 2. The summed E-state index contributed by atoms with van der Waals surface area (Å²) in [4.78, 5) is 8.28. The third-order valence-corrected chi connectivity index (χ3v) is 2.76. The lowest BCUT2D eigenvalue weighted by Gasteiger charge is -2.10. The maximum atomic E-state index is 5.61. The summed E-state index contributed by atoms with van der Waals surface area (Å²) in [6.45, 7) is 3.33. The number of benzene rings is 1. The van der Waals surface area contributed by atoms with Gasteiger partial charge in [0.05, 0.1) is 13.7 Å². The van der Waals surface area contributed by atoms with E-state index in [1.165, 1.54) is 5.56 Å². The summed E-state index contributed by atoms with van der Waals surface area (Å²) in [5, 5.41) is 3.29. The van der Waals surface area contributed by atoms with E-state index in [4.69, 9.17) is 10.5 Å². The highest BCUT2D eigenvalue weighted by atomic mass is 16.5. The molecule has 0 spiro atoms. The van der Waals surface area contributed by atoms with Crippen LogP contribution in [0.5, 0.6) is 5.75 Å². The number of hydrogen-bond donors (Lipinski definition) is 2. The third kappa shape index (κ3) is 3.66. The van der Waals surface area contributed by atoms with Gasteiger partial charge in [-0.1, -0.05) is 17.7 Å². The molecule has 0 saturated carbocycles. The lowest BCUT2D eigenvalue weighted by atomic mass is 10.1. The minimum absolute atomic E-state index is 0.486. The quantitative estimate of drug-likeness (QED) is 0.853. The zero-order valence-electron chi connectivity index (χ0n) is 11.2. The fourth-order valence-electron chi connectivity index (χ4n) is 1.85. The van der Waals surface area contributed by atoms with Crippen molar-refractivity contribution in [2.75, 3.05) is 12.8 Å². The Labute approximate surface area is 112 Å². The summed E-state index contributed by atoms with van der Waals surface area (Å²) in [6, 6.07) is 7.78. The molecule has 1 aromatic heterocycles. The molecular weight excluding hydrogens is 240 g/mol. The van der Waals surface area contributed by atoms with Gasteiger partial charge in [-0.25, -0.2) is 9.97 Å². The molecule has 0 bridgehead atoms. The van der Waals surface area contributed by atoms with Crippen molar-refractivity contribution < 1.29 is 4.74 Å². The number of aromatic nitrogens is 2. The van der Waals surface area contributed by atoms with Gasteiger partial charge in [-0.3, -0.25) is 0 Å². The van der Waals surface area contributed by atoms with Crippen LogP contribution in [0.1, 0.15) is 17.0 Å². The Kier molecular flexibility index (Phi) is 4.30. The largest absolute Gasteiger partial charge is 0.496 e. The normalized spacial score (nSPS) is 10.4. The highest BCUT2D eigenvalue weighted by Gasteiger charge is 2.03. The van der Waals surface area contributed by atoms with E-state index in [9.17, 15) is 0 Å². The van der Waals surface area contributed by atoms with Crippen LogP contribution in [0.25, 0.3) is 0 Å². The Morgan fingerprint density at radius 3 is 2.84 bits per heavy atom. The number of hydrogen-bond acceptors (Lipinski definition) is 5. The number of aryl methyl sites for hydroxylation is 1. The molecule has 5 nitrogen and oxygen atoms in total. The summed E-state index contributed by atoms with van der Waals surface area (Å²) in [5.74, 6) is 2.05. The van der Waals surface area contributed by atoms with E-state index in [1.54, 1.807) is 19.4 Å². The topological polar surface area (TPSA) is 73.1 Å². The molecule has 19 heavy (non-hydrogen) atoms. The van der Waals surface area contributed by atoms with Crippen molar-refractivity contribution in [1.29, 1.82) is 0 Å². The van der Waals surface area contributed by atoms with Crippen molar-refractivity contribution in [3.05, 3.63) is 47.4 Å². The Morgan fingerprint density at radius 2 is 2.11 bits per heavy atom. The summed E-state index contributed by atoms with van der Waals surface area (Å²) in [5.41, 5.74) is 7.93. The molecule has 0 aliphatic carbocycles. The van der Waals surface area contributed by atoms with E-state index in [0.717, 1.165) is 11.3 Å². The predicted octanol–water partition coefficient (Wildman–Crippen LogP) is 1.67. The molecule has 0 aliphatic heterocycles. The van der Waals surface area contributed by atoms with E-state index in [1.807, 2.05) is 12.1 Å². The number of rotatable bonds is 5. The first-order valence-electron chi connectivity index (χ1n) is 6.10. The summed E-state index contributed by atoms with van der Waals surface area (Å²) < 4.78 is 5.33. The van der Waals surface area contributed by atoms with Crippen molar-refractivity contribution >= 4 is 5.82 Å². The van der Waals surface area contributed by atoms with Crippen LogP contribution >= 0.6 is 0 Å². The zero-order valence-corrected chi connectivity index (χ0v) is 11.2. The molecule has 1 heterocycles. The van der Waals surface area contributed by atoms with E-state index >= 15 is 0 Å². The second-order valence-corrected chi connectivity index (χ2v) is 4.32. The standard InChI is InChI=1S/C14H18N4O/c1-10-3-4-12(19-2)11(7-10)8-16-9-14-17-6-5-13(15)18-14/h3-7,16H,8-9H2,1-2H3,(H2,15,17,18). The number of methoxy groups -OCH3 is 1. The van der Waals surface area contributed by atoms with Gasteiger partial charge < -0.3 is 15.8 Å². The van der Waals surface area contributed by atoms with Crippen LogP contribution in [0.3, 0.4) is 0 Å². The SMILES string of the molecule is COc1ccc(C)cc1CNCc1nccc(N)n1. The first kappa shape index (κ1) is 13.3. The molecule has 1 aromatic carbocycles. The van der Waals surface area contributed by atoms with Gasteiger partial charge in [0.25, 0.3) is 0 Å². The van der Waals surface area contributed by atoms with Crippen LogP contribution in [0, 0.1) is 6.92 Å². The number of anilines is 1. The minimum atomic E-state index is 0.486. The van der Waals surface area contributed by atoms with E-state index in [2.05, 4.69) is 28.3 Å². The van der Waals surface area contributed by atoms with Gasteiger partial charge in [0, 0.05) is 18.3 Å². The molecular formula is C14H18N4O. The summed E-state index contributed by atoms with van der Waals surface area (Å²) in [6.07, 6.45) is 1.66. The van der Waals surface area contributed by atoms with Crippen LogP contribution in [0.4, 0.5) is 5.82 Å². The molecule has 0 fully saturated rings. The number of ether oxygens (including phenoxy) is 1. The Hall–Kier alpha value is -2.14. The molecule has 0 radical (unpaired) electrons. The van der Waals surface area contributed by atoms with Crippen molar-refractivity contribution in [1.82, 2.24) is 15.3 Å². The smallest absolute Gasteiger partial charge is 0.144 e. The Bertz CT molecular complexity index is 557. The first-order chi connectivity index (χ1) is 9.19. The maximum absolute atomic E-state index is 5.61. The molecule has 0 amide bonds. The molecule has 3 N–H and O–H groups in total. The molecule has 0 saturated heterocycles. The monoisotopic (exact) mass is 258 g/mol. The second-order valence-electron chi connectivity index (χ2n) is 4.32. The van der Waals surface area contributed by atoms with Gasteiger partial charge >= 0.3 is 0 Å². The van der Waals surface area contributed by atoms with Gasteiger partial charge in [0.2, 0.25) is 0 Å². The third-order valence-electron chi connectivity index (χ3n) is 2.76. The molecule has 0 atom stereocenters. The fourth-order valence-corrected chi connectivity index (χ4v) is 1.85. The average molecular weight is 258 g/mol. The zero-order chi connectivity index (χ0) is 13.7. The number of nitrogens with two attached hydrogens (primary N) is 1. The fraction of sp³-hybridized carbons (Fsp3) is 0.286. The van der Waals surface area contributed by atoms with Crippen molar-refractivity contribution in [3.8, 4) is 5.75 Å². The lowest BCUT2D eigenvalue weighted by Crippen LogP contribution is -2.16. The van der Waals surface area contributed by atoms with Crippen molar-refractivity contribution in [3.63, 3.8) is 0 Å². The van der Waals surface area contributed by atoms with Gasteiger partial charge in [-0.15, -0.1) is 0 Å². The van der Waals surface area contributed by atoms with Crippen LogP contribution in [-0.2, 0) is 13.1 Å². The summed E-state index contributed by atoms with van der Waals surface area (Å²) >= 11 is 0. The van der Waals surface area contributed by atoms with E-state index < -0.39 is 0 Å². The lowest BCUT2D eigenvalue weighted by molar-refractivity contribution is 0.407. The predicted molar refractivity (Wildman–Crippen MR) is 74.7 cm³/mol. The summed E-state index contributed by atoms with van der Waals surface area (Å²) in [7, 11) is 1.68. The van der Waals surface area contributed by atoms with Crippen LogP contribution in [0.15, 0.2) is 30.5 Å². The second kappa shape index (κ2) is 6.15. The highest BCUT2D eigenvalue weighted by Crippen LogP contribution is 2.19. The Morgan fingerprint density at radius 1 is 1.26 bits per heavy atom. The van der Waals surface area contributed by atoms with Gasteiger partial charge in [0.1, 0.15) is 17.4 Å². The van der Waals surface area contributed by atoms with Gasteiger partial charge in [-0.05, 0) is 19.1 Å². The van der Waals surface area contributed by atoms with E-state index in [0.29, 0.717) is 24.7 Å². The molecule has 0 aliphatic rings. The van der Waals surface area contributed by atoms with Gasteiger partial charge in [-0.2, -0.15) is 0 Å². The molecule has 2 rings (SSSR count). The van der Waals surface area contributed by atoms with Crippen LogP contribution < -0.4 is 15.8 Å². The highest BCUT2D eigenvalue weighted by molar-refractivity contribution is 5.36. The maximum Gasteiger partial charge on any atom is 0.144 e. The van der Waals surface area contributed by atoms with Crippen LogP contribution in [0.2, 0.25) is 0 Å². The van der Waals surface area contributed by atoms with Gasteiger partial charge in [0.15, 0.2) is 0 Å². The molecule has 2 aromatic rings. The number of nitrogen functional groups attached to an aromatic ring is 1. The first-order valence-corrected chi connectivity index (χ1v) is 6.10. The van der Waals surface area contributed by atoms with Crippen molar-refractivity contribution in [2.45, 2.75) is 20.0 Å². The Balaban J connectivity index is 1.97.